The smallest absolute Gasteiger partial charge is 0.240 e. The number of piperidine rings is 1. The van der Waals surface area contributed by atoms with Gasteiger partial charge in [0.15, 0.2) is 5.13 Å². The molecule has 3 aromatic rings. The summed E-state index contributed by atoms with van der Waals surface area (Å²) >= 11 is 1.37. The van der Waals surface area contributed by atoms with Gasteiger partial charge in [-0.1, -0.05) is 13.8 Å². The highest BCUT2D eigenvalue weighted by molar-refractivity contribution is 7.14. The van der Waals surface area contributed by atoms with E-state index in [1.807, 2.05) is 34.5 Å². The molecule has 7 nitrogen and oxygen atoms in total. The average Bonchev–Trinajstić information content (AvgIpc) is 3.30. The van der Waals surface area contributed by atoms with E-state index in [0.29, 0.717) is 36.8 Å². The van der Waals surface area contributed by atoms with Gasteiger partial charge in [-0.3, -0.25) is 9.69 Å². The van der Waals surface area contributed by atoms with Crippen LogP contribution in [-0.2, 0) is 4.79 Å². The van der Waals surface area contributed by atoms with Crippen LogP contribution in [0.1, 0.15) is 26.7 Å². The van der Waals surface area contributed by atoms with Crippen molar-refractivity contribution in [2.24, 2.45) is 5.92 Å². The van der Waals surface area contributed by atoms with Crippen molar-refractivity contribution in [3.05, 3.63) is 59.7 Å². The zero-order valence-electron chi connectivity index (χ0n) is 20.7. The number of carbonyl (C=O) groups excluding carboxylic acids is 1. The molecule has 4 rings (SSSR count). The van der Waals surface area contributed by atoms with Crippen LogP contribution in [-0.4, -0.2) is 59.3 Å². The van der Waals surface area contributed by atoms with E-state index < -0.39 is 11.7 Å². The van der Waals surface area contributed by atoms with Crippen molar-refractivity contribution in [3.63, 3.8) is 0 Å². The number of halogens is 1. The lowest BCUT2D eigenvalue weighted by Crippen LogP contribution is -2.59. The molecule has 0 aliphatic carbocycles. The summed E-state index contributed by atoms with van der Waals surface area (Å²) in [6.07, 6.45) is 0.503. The molecule has 1 aliphatic heterocycles. The number of nitrogens with one attached hydrogen (secondary N) is 1. The summed E-state index contributed by atoms with van der Waals surface area (Å²) < 4.78 is 24.6. The molecule has 0 spiro atoms. The Morgan fingerprint density at radius 1 is 1.22 bits per heavy atom. The Balaban J connectivity index is 1.38. The molecule has 0 unspecified atom stereocenters. The molecule has 1 aliphatic rings. The van der Waals surface area contributed by atoms with Crippen LogP contribution in [0.25, 0.3) is 11.3 Å². The van der Waals surface area contributed by atoms with Gasteiger partial charge in [-0.05, 0) is 67.3 Å². The number of benzene rings is 2. The van der Waals surface area contributed by atoms with E-state index in [4.69, 9.17) is 9.47 Å². The van der Waals surface area contributed by atoms with Gasteiger partial charge < -0.3 is 19.9 Å². The van der Waals surface area contributed by atoms with Crippen molar-refractivity contribution in [2.75, 3.05) is 32.1 Å². The highest BCUT2D eigenvalue weighted by Gasteiger charge is 2.44. The number of rotatable bonds is 9. The lowest BCUT2D eigenvalue weighted by atomic mass is 9.81. The second kappa shape index (κ2) is 11.4. The molecule has 1 fully saturated rings. The van der Waals surface area contributed by atoms with E-state index in [1.165, 1.54) is 23.5 Å². The van der Waals surface area contributed by atoms with Crippen molar-refractivity contribution >= 4 is 22.4 Å². The molecule has 0 radical (unpaired) electrons. The van der Waals surface area contributed by atoms with Crippen molar-refractivity contribution in [1.29, 1.82) is 0 Å². The van der Waals surface area contributed by atoms with Gasteiger partial charge in [0.25, 0.3) is 0 Å². The second-order valence-electron chi connectivity index (χ2n) is 9.56. The van der Waals surface area contributed by atoms with E-state index in [9.17, 15) is 14.3 Å². The van der Waals surface area contributed by atoms with E-state index >= 15 is 0 Å². The number of aliphatic hydroxyl groups is 1. The number of methoxy groups -OCH3 is 1. The number of thiazole rings is 1. The van der Waals surface area contributed by atoms with Crippen molar-refractivity contribution in [3.8, 4) is 22.8 Å². The normalized spacial score (nSPS) is 20.3. The number of likely N-dealkylation sites (tertiary alicyclic amines) is 1. The van der Waals surface area contributed by atoms with Gasteiger partial charge in [0.1, 0.15) is 29.0 Å². The molecular formula is C27H32FN3O4S. The summed E-state index contributed by atoms with van der Waals surface area (Å²) in [6, 6.07) is 13.4. The van der Waals surface area contributed by atoms with Crippen LogP contribution in [0.3, 0.4) is 0 Å². The van der Waals surface area contributed by atoms with Crippen LogP contribution in [0.5, 0.6) is 11.5 Å². The van der Waals surface area contributed by atoms with Gasteiger partial charge in [-0.15, -0.1) is 11.3 Å². The molecule has 1 amide bonds. The van der Waals surface area contributed by atoms with Gasteiger partial charge in [0.2, 0.25) is 5.91 Å². The van der Waals surface area contributed by atoms with Crippen molar-refractivity contribution in [1.82, 2.24) is 9.88 Å². The minimum absolute atomic E-state index is 0.151. The Hall–Kier alpha value is -3.01. The Labute approximate surface area is 214 Å². The van der Waals surface area contributed by atoms with Crippen LogP contribution < -0.4 is 14.8 Å². The molecular weight excluding hydrogens is 481 g/mol. The van der Waals surface area contributed by atoms with Crippen LogP contribution in [0.2, 0.25) is 0 Å². The Morgan fingerprint density at radius 3 is 2.58 bits per heavy atom. The quantitative estimate of drug-likeness (QED) is 0.427. The predicted octanol–water partition coefficient (Wildman–Crippen LogP) is 4.83. The number of anilines is 1. The fraction of sp³-hybridized carbons (Fsp3) is 0.407. The van der Waals surface area contributed by atoms with Crippen molar-refractivity contribution in [2.45, 2.75) is 38.4 Å². The SMILES string of the molecule is COc1ccc(-c2csc(NC(=O)CN3CC[C@@](O)(CC(C)C)[C@@H](Oc4ccc(F)cc4)C3)n2)cc1. The third-order valence-electron chi connectivity index (χ3n) is 6.24. The number of hydrogen-bond acceptors (Lipinski definition) is 7. The van der Waals surface area contributed by atoms with Gasteiger partial charge in [0, 0.05) is 24.0 Å². The Bertz CT molecular complexity index is 1150. The molecule has 0 saturated carbocycles. The van der Waals surface area contributed by atoms with E-state index in [-0.39, 0.29) is 24.2 Å². The number of carbonyl (C=O) groups is 1. The molecule has 192 valence electrons. The van der Waals surface area contributed by atoms with Gasteiger partial charge in [0.05, 0.1) is 19.3 Å². The molecule has 2 atom stereocenters. The highest BCUT2D eigenvalue weighted by atomic mass is 32.1. The van der Waals surface area contributed by atoms with Gasteiger partial charge in [-0.2, -0.15) is 0 Å². The highest BCUT2D eigenvalue weighted by Crippen LogP contribution is 2.33. The maximum Gasteiger partial charge on any atom is 0.240 e. The average molecular weight is 514 g/mol. The van der Waals surface area contributed by atoms with Crippen LogP contribution in [0, 0.1) is 11.7 Å². The summed E-state index contributed by atoms with van der Waals surface area (Å²) in [7, 11) is 1.62. The van der Waals surface area contributed by atoms with Gasteiger partial charge >= 0.3 is 0 Å². The van der Waals surface area contributed by atoms with Crippen LogP contribution in [0.4, 0.5) is 9.52 Å². The molecule has 0 bridgehead atoms. The standard InChI is InChI=1S/C27H32FN3O4S/c1-18(2)14-27(33)12-13-31(15-24(27)35-22-10-6-20(28)7-11-22)16-25(32)30-26-29-23(17-36-26)19-4-8-21(34-3)9-5-19/h4-11,17-18,24,33H,12-16H2,1-3H3,(H,29,30,32)/t24-,27+/m0/s1. The van der Waals surface area contributed by atoms with Gasteiger partial charge in [-0.25, -0.2) is 9.37 Å². The first-order chi connectivity index (χ1) is 17.2. The Kier molecular flexibility index (Phi) is 8.23. The van der Waals surface area contributed by atoms with Crippen LogP contribution in [0.15, 0.2) is 53.9 Å². The second-order valence-corrected chi connectivity index (χ2v) is 10.4. The molecule has 2 N–H and O–H groups in total. The number of amides is 1. The minimum Gasteiger partial charge on any atom is -0.497 e. The molecule has 1 saturated heterocycles. The lowest BCUT2D eigenvalue weighted by molar-refractivity contribution is -0.129. The van der Waals surface area contributed by atoms with E-state index in [1.54, 1.807) is 19.2 Å². The van der Waals surface area contributed by atoms with Crippen LogP contribution >= 0.6 is 11.3 Å². The molecule has 2 aromatic carbocycles. The molecule has 36 heavy (non-hydrogen) atoms. The first-order valence-corrected chi connectivity index (χ1v) is 12.9. The van der Waals surface area contributed by atoms with E-state index in [0.717, 1.165) is 17.0 Å². The summed E-state index contributed by atoms with van der Waals surface area (Å²) in [6.45, 7) is 5.21. The monoisotopic (exact) mass is 513 g/mol. The summed E-state index contributed by atoms with van der Waals surface area (Å²) in [5.74, 6) is 1.00. The largest absolute Gasteiger partial charge is 0.497 e. The Morgan fingerprint density at radius 2 is 1.92 bits per heavy atom. The third-order valence-corrected chi connectivity index (χ3v) is 7.00. The maximum atomic E-state index is 13.3. The molecule has 1 aromatic heterocycles. The first kappa shape index (κ1) is 26.1. The summed E-state index contributed by atoms with van der Waals surface area (Å²) in [5, 5.41) is 16.7. The fourth-order valence-corrected chi connectivity index (χ4v) is 5.24. The number of aromatic nitrogens is 1. The maximum absolute atomic E-state index is 13.3. The van der Waals surface area contributed by atoms with Crippen molar-refractivity contribution < 1.29 is 23.8 Å². The predicted molar refractivity (Wildman–Crippen MR) is 139 cm³/mol. The fourth-order valence-electron chi connectivity index (χ4n) is 4.50. The minimum atomic E-state index is -1.03. The summed E-state index contributed by atoms with van der Waals surface area (Å²) in [4.78, 5) is 19.3. The number of hydrogen-bond donors (Lipinski definition) is 2. The number of ether oxygens (including phenoxy) is 2. The van der Waals surface area contributed by atoms with E-state index in [2.05, 4.69) is 24.1 Å². The summed E-state index contributed by atoms with van der Waals surface area (Å²) in [5.41, 5.74) is 0.689. The molecule has 2 heterocycles. The zero-order valence-corrected chi connectivity index (χ0v) is 21.6. The first-order valence-electron chi connectivity index (χ1n) is 12.0. The topological polar surface area (TPSA) is 83.9 Å². The number of nitrogens with zero attached hydrogens (tertiary/aromatic N) is 2. The third kappa shape index (κ3) is 6.60. The lowest BCUT2D eigenvalue weighted by Gasteiger charge is -2.44. The zero-order chi connectivity index (χ0) is 25.7. The molecule has 9 heteroatoms.